The van der Waals surface area contributed by atoms with E-state index in [0.717, 1.165) is 34.1 Å². The number of halogens is 1. The molecule has 17 heavy (non-hydrogen) atoms. The molecule has 0 saturated heterocycles. The van der Waals surface area contributed by atoms with Crippen molar-refractivity contribution in [2.24, 2.45) is 5.73 Å². The summed E-state index contributed by atoms with van der Waals surface area (Å²) in [4.78, 5) is 4.42. The van der Waals surface area contributed by atoms with Gasteiger partial charge < -0.3 is 5.73 Å². The standard InChI is InChI=1S/C13H15ClN2S/c1-9-8-17-13(16-9)7-11(15)6-10-4-2-3-5-12(10)14/h2-5,8,11H,6-7,15H2,1H3. The van der Waals surface area contributed by atoms with Gasteiger partial charge in [0.25, 0.3) is 0 Å². The van der Waals surface area contributed by atoms with Crippen molar-refractivity contribution < 1.29 is 0 Å². The van der Waals surface area contributed by atoms with Crippen molar-refractivity contribution in [2.75, 3.05) is 0 Å². The van der Waals surface area contributed by atoms with Crippen LogP contribution >= 0.6 is 22.9 Å². The molecule has 0 radical (unpaired) electrons. The first-order chi connectivity index (χ1) is 8.15. The van der Waals surface area contributed by atoms with Gasteiger partial charge in [0.05, 0.1) is 5.01 Å². The number of hydrogen-bond acceptors (Lipinski definition) is 3. The van der Waals surface area contributed by atoms with E-state index in [4.69, 9.17) is 17.3 Å². The van der Waals surface area contributed by atoms with Gasteiger partial charge in [0.1, 0.15) is 0 Å². The molecule has 0 aliphatic rings. The highest BCUT2D eigenvalue weighted by Gasteiger charge is 2.09. The molecule has 2 N–H and O–H groups in total. The quantitative estimate of drug-likeness (QED) is 0.923. The molecule has 0 aliphatic carbocycles. The fourth-order valence-electron chi connectivity index (χ4n) is 1.74. The Morgan fingerprint density at radius 3 is 2.76 bits per heavy atom. The molecule has 1 atom stereocenters. The summed E-state index contributed by atoms with van der Waals surface area (Å²) in [6.45, 7) is 2.00. The van der Waals surface area contributed by atoms with Crippen LogP contribution in [0.15, 0.2) is 29.6 Å². The molecule has 1 aromatic carbocycles. The van der Waals surface area contributed by atoms with E-state index in [1.54, 1.807) is 11.3 Å². The number of aryl methyl sites for hydroxylation is 1. The zero-order chi connectivity index (χ0) is 12.3. The lowest BCUT2D eigenvalue weighted by molar-refractivity contribution is 0.661. The number of aromatic nitrogens is 1. The normalized spacial score (nSPS) is 12.6. The molecule has 1 unspecified atom stereocenters. The van der Waals surface area contributed by atoms with Crippen LogP contribution in [-0.4, -0.2) is 11.0 Å². The van der Waals surface area contributed by atoms with Crippen LogP contribution in [-0.2, 0) is 12.8 Å². The van der Waals surface area contributed by atoms with Crippen LogP contribution < -0.4 is 5.73 Å². The summed E-state index contributed by atoms with van der Waals surface area (Å²) < 4.78 is 0. The maximum Gasteiger partial charge on any atom is 0.0943 e. The third-order valence-electron chi connectivity index (χ3n) is 2.54. The summed E-state index contributed by atoms with van der Waals surface area (Å²) >= 11 is 7.78. The summed E-state index contributed by atoms with van der Waals surface area (Å²) in [6, 6.07) is 7.91. The Labute approximate surface area is 110 Å². The van der Waals surface area contributed by atoms with Crippen molar-refractivity contribution in [2.45, 2.75) is 25.8 Å². The van der Waals surface area contributed by atoms with Crippen LogP contribution in [0.5, 0.6) is 0 Å². The van der Waals surface area contributed by atoms with Gasteiger partial charge in [0.2, 0.25) is 0 Å². The molecule has 1 heterocycles. The molecule has 0 saturated carbocycles. The number of nitrogens with two attached hydrogens (primary N) is 1. The summed E-state index contributed by atoms with van der Waals surface area (Å²) in [7, 11) is 0. The Hall–Kier alpha value is -0.900. The van der Waals surface area contributed by atoms with Crippen LogP contribution in [0.4, 0.5) is 0 Å². The summed E-state index contributed by atoms with van der Waals surface area (Å²) in [5.74, 6) is 0. The van der Waals surface area contributed by atoms with Crippen molar-refractivity contribution in [3.63, 3.8) is 0 Å². The first-order valence-corrected chi connectivity index (χ1v) is 6.81. The zero-order valence-electron chi connectivity index (χ0n) is 9.69. The average molecular weight is 267 g/mol. The van der Waals surface area contributed by atoms with Crippen molar-refractivity contribution in [3.05, 3.63) is 50.9 Å². The van der Waals surface area contributed by atoms with Gasteiger partial charge in [-0.1, -0.05) is 29.8 Å². The van der Waals surface area contributed by atoms with E-state index < -0.39 is 0 Å². The summed E-state index contributed by atoms with van der Waals surface area (Å²) in [5.41, 5.74) is 8.30. The predicted molar refractivity (Wildman–Crippen MR) is 73.7 cm³/mol. The molecule has 2 nitrogen and oxygen atoms in total. The van der Waals surface area contributed by atoms with E-state index in [9.17, 15) is 0 Å². The molecule has 4 heteroatoms. The van der Waals surface area contributed by atoms with E-state index in [1.165, 1.54) is 0 Å². The Balaban J connectivity index is 1.98. The minimum atomic E-state index is 0.0699. The lowest BCUT2D eigenvalue weighted by atomic mass is 10.0. The lowest BCUT2D eigenvalue weighted by Crippen LogP contribution is -2.25. The second kappa shape index (κ2) is 5.63. The van der Waals surface area contributed by atoms with Crippen LogP contribution in [0.25, 0.3) is 0 Å². The van der Waals surface area contributed by atoms with Crippen molar-refractivity contribution in [1.82, 2.24) is 4.98 Å². The fourth-order valence-corrected chi connectivity index (χ4v) is 2.82. The fraction of sp³-hybridized carbons (Fsp3) is 0.308. The minimum absolute atomic E-state index is 0.0699. The van der Waals surface area contributed by atoms with E-state index in [-0.39, 0.29) is 6.04 Å². The molecule has 0 bridgehead atoms. The van der Waals surface area contributed by atoms with Gasteiger partial charge in [-0.15, -0.1) is 11.3 Å². The van der Waals surface area contributed by atoms with Gasteiger partial charge in [-0.05, 0) is 25.0 Å². The van der Waals surface area contributed by atoms with Crippen LogP contribution in [0.3, 0.4) is 0 Å². The smallest absolute Gasteiger partial charge is 0.0943 e. The molecule has 0 amide bonds. The van der Waals surface area contributed by atoms with Gasteiger partial charge in [-0.25, -0.2) is 4.98 Å². The second-order valence-electron chi connectivity index (χ2n) is 4.14. The molecule has 2 aromatic rings. The zero-order valence-corrected chi connectivity index (χ0v) is 11.3. The van der Waals surface area contributed by atoms with Gasteiger partial charge in [0, 0.05) is 28.6 Å². The molecule has 0 fully saturated rings. The highest BCUT2D eigenvalue weighted by molar-refractivity contribution is 7.09. The molecule has 0 spiro atoms. The largest absolute Gasteiger partial charge is 0.327 e. The third kappa shape index (κ3) is 3.53. The molecule has 90 valence electrons. The molecular formula is C13H15ClN2S. The van der Waals surface area contributed by atoms with E-state index in [2.05, 4.69) is 10.4 Å². The monoisotopic (exact) mass is 266 g/mol. The lowest BCUT2D eigenvalue weighted by Gasteiger charge is -2.11. The van der Waals surface area contributed by atoms with Crippen molar-refractivity contribution in [1.29, 1.82) is 0 Å². The minimum Gasteiger partial charge on any atom is -0.327 e. The molecule has 2 rings (SSSR count). The molecule has 0 aliphatic heterocycles. The number of thiazole rings is 1. The van der Waals surface area contributed by atoms with Crippen LogP contribution in [0.2, 0.25) is 5.02 Å². The molecule has 1 aromatic heterocycles. The first kappa shape index (κ1) is 12.6. The Morgan fingerprint density at radius 1 is 1.35 bits per heavy atom. The topological polar surface area (TPSA) is 38.9 Å². The van der Waals surface area contributed by atoms with E-state index in [1.807, 2.05) is 31.2 Å². The van der Waals surface area contributed by atoms with Crippen LogP contribution in [0, 0.1) is 6.92 Å². The predicted octanol–water partition coefficient (Wildman–Crippen LogP) is 3.22. The highest BCUT2D eigenvalue weighted by Crippen LogP contribution is 2.18. The second-order valence-corrected chi connectivity index (χ2v) is 5.49. The summed E-state index contributed by atoms with van der Waals surface area (Å²) in [5, 5.41) is 3.94. The Bertz CT molecular complexity index is 496. The summed E-state index contributed by atoms with van der Waals surface area (Å²) in [6.07, 6.45) is 1.60. The van der Waals surface area contributed by atoms with Crippen molar-refractivity contribution in [3.8, 4) is 0 Å². The Morgan fingerprint density at radius 2 is 2.12 bits per heavy atom. The van der Waals surface area contributed by atoms with Gasteiger partial charge in [0.15, 0.2) is 0 Å². The van der Waals surface area contributed by atoms with E-state index >= 15 is 0 Å². The van der Waals surface area contributed by atoms with Gasteiger partial charge in [-0.2, -0.15) is 0 Å². The van der Waals surface area contributed by atoms with Gasteiger partial charge >= 0.3 is 0 Å². The van der Waals surface area contributed by atoms with Crippen molar-refractivity contribution >= 4 is 22.9 Å². The Kier molecular flexibility index (Phi) is 4.15. The SMILES string of the molecule is Cc1csc(CC(N)Cc2ccccc2Cl)n1. The number of benzene rings is 1. The molecular weight excluding hydrogens is 252 g/mol. The number of rotatable bonds is 4. The number of hydrogen-bond donors (Lipinski definition) is 1. The van der Waals surface area contributed by atoms with Gasteiger partial charge in [-0.3, -0.25) is 0 Å². The maximum atomic E-state index is 6.12. The number of nitrogens with zero attached hydrogens (tertiary/aromatic N) is 1. The average Bonchev–Trinajstić information content (AvgIpc) is 2.67. The maximum absolute atomic E-state index is 6.12. The van der Waals surface area contributed by atoms with E-state index in [0.29, 0.717) is 0 Å². The highest BCUT2D eigenvalue weighted by atomic mass is 35.5. The first-order valence-electron chi connectivity index (χ1n) is 5.55. The van der Waals surface area contributed by atoms with Crippen LogP contribution in [0.1, 0.15) is 16.3 Å². The third-order valence-corrected chi connectivity index (χ3v) is 3.90.